The molecule has 1 amide bonds. The molecule has 2 unspecified atom stereocenters. The molecule has 1 aromatic heterocycles. The minimum atomic E-state index is -0.887. The molecule has 8 nitrogen and oxygen atoms in total. The monoisotopic (exact) mass is 469 g/mol. The third kappa shape index (κ3) is 4.49. The maximum atomic E-state index is 13.0. The zero-order valence-electron chi connectivity index (χ0n) is 20.6. The Balaban J connectivity index is 1.35. The van der Waals surface area contributed by atoms with Crippen molar-refractivity contribution < 1.29 is 24.5 Å². The number of amides is 1. The van der Waals surface area contributed by atoms with Crippen LogP contribution < -0.4 is 10.1 Å². The normalized spacial score (nSPS) is 20.4. The first kappa shape index (κ1) is 24.4. The van der Waals surface area contributed by atoms with Crippen LogP contribution in [0.25, 0.3) is 0 Å². The number of nitrogens with zero attached hydrogens (tertiary/aromatic N) is 2. The molecule has 1 saturated carbocycles. The van der Waals surface area contributed by atoms with Gasteiger partial charge in [-0.3, -0.25) is 9.59 Å². The number of fused-ring (bicyclic) bond motifs is 3. The predicted octanol–water partition coefficient (Wildman–Crippen LogP) is 2.23. The summed E-state index contributed by atoms with van der Waals surface area (Å²) in [7, 11) is 0. The number of aliphatic hydroxyl groups is 2. The van der Waals surface area contributed by atoms with Gasteiger partial charge in [-0.15, -0.1) is 0 Å². The molecule has 2 aromatic rings. The number of rotatable bonds is 9. The van der Waals surface area contributed by atoms with Gasteiger partial charge in [0.05, 0.1) is 11.4 Å². The molecule has 2 aliphatic carbocycles. The molecule has 0 spiro atoms. The number of aryl methyl sites for hydroxylation is 4. The summed E-state index contributed by atoms with van der Waals surface area (Å²) in [6, 6.07) is 4.01. The van der Waals surface area contributed by atoms with Crippen LogP contribution in [0, 0.1) is 32.1 Å². The van der Waals surface area contributed by atoms with Crippen LogP contribution in [-0.4, -0.2) is 57.7 Å². The SMILES string of the molecule is Cc1cc(CCC(=O)n2nc(C)c3c2CC2[C@@H]3C2(C)C)cc(C)c1OCC(O)CNC(=O)CO. The lowest BCUT2D eigenvalue weighted by Crippen LogP contribution is -2.36. The summed E-state index contributed by atoms with van der Waals surface area (Å²) >= 11 is 0. The van der Waals surface area contributed by atoms with Gasteiger partial charge in [0, 0.05) is 18.5 Å². The average Bonchev–Trinajstić information content (AvgIpc) is 3.10. The number of carbonyl (C=O) groups is 2. The Bertz CT molecular complexity index is 1100. The van der Waals surface area contributed by atoms with Crippen LogP contribution >= 0.6 is 0 Å². The summed E-state index contributed by atoms with van der Waals surface area (Å²) in [5.41, 5.74) is 6.64. The van der Waals surface area contributed by atoms with Crippen molar-refractivity contribution in [1.29, 1.82) is 0 Å². The zero-order valence-corrected chi connectivity index (χ0v) is 20.6. The first-order chi connectivity index (χ1) is 16.0. The average molecular weight is 470 g/mol. The number of aromatic nitrogens is 2. The number of hydrogen-bond acceptors (Lipinski definition) is 6. The van der Waals surface area contributed by atoms with Crippen molar-refractivity contribution in [2.24, 2.45) is 11.3 Å². The van der Waals surface area contributed by atoms with Crippen LogP contribution in [0.3, 0.4) is 0 Å². The molecular weight excluding hydrogens is 434 g/mol. The molecule has 3 atom stereocenters. The van der Waals surface area contributed by atoms with Crippen molar-refractivity contribution in [3.8, 4) is 5.75 Å². The Morgan fingerprint density at radius 1 is 1.26 bits per heavy atom. The summed E-state index contributed by atoms with van der Waals surface area (Å²) in [5, 5.41) is 25.7. The van der Waals surface area contributed by atoms with E-state index < -0.39 is 18.6 Å². The Kier molecular flexibility index (Phi) is 6.57. The van der Waals surface area contributed by atoms with Crippen molar-refractivity contribution in [3.63, 3.8) is 0 Å². The number of carbonyl (C=O) groups excluding carboxylic acids is 2. The molecule has 4 rings (SSSR count). The minimum Gasteiger partial charge on any atom is -0.490 e. The highest BCUT2D eigenvalue weighted by Gasteiger charge is 2.64. The van der Waals surface area contributed by atoms with E-state index in [1.165, 1.54) is 5.56 Å². The Labute approximate surface area is 200 Å². The molecule has 3 N–H and O–H groups in total. The molecule has 2 aliphatic rings. The van der Waals surface area contributed by atoms with E-state index in [9.17, 15) is 14.7 Å². The molecule has 0 aliphatic heterocycles. The third-order valence-corrected chi connectivity index (χ3v) is 7.46. The first-order valence-corrected chi connectivity index (χ1v) is 11.9. The summed E-state index contributed by atoms with van der Waals surface area (Å²) in [6.07, 6.45) is 1.05. The summed E-state index contributed by atoms with van der Waals surface area (Å²) < 4.78 is 7.44. The molecule has 184 valence electrons. The summed E-state index contributed by atoms with van der Waals surface area (Å²) in [5.74, 6) is 1.37. The minimum absolute atomic E-state index is 0.00722. The Morgan fingerprint density at radius 2 is 1.94 bits per heavy atom. The van der Waals surface area contributed by atoms with Crippen LogP contribution in [0.4, 0.5) is 0 Å². The number of aliphatic hydroxyl groups excluding tert-OH is 2. The second-order valence-corrected chi connectivity index (χ2v) is 10.3. The second kappa shape index (κ2) is 9.15. The van der Waals surface area contributed by atoms with Crippen LogP contribution in [0.15, 0.2) is 12.1 Å². The highest BCUT2D eigenvalue weighted by atomic mass is 16.5. The van der Waals surface area contributed by atoms with E-state index in [1.54, 1.807) is 4.68 Å². The maximum Gasteiger partial charge on any atom is 0.247 e. The maximum absolute atomic E-state index is 13.0. The summed E-state index contributed by atoms with van der Waals surface area (Å²) in [6.45, 7) is 9.91. The molecule has 1 heterocycles. The van der Waals surface area contributed by atoms with Gasteiger partial charge in [-0.2, -0.15) is 5.10 Å². The molecular formula is C26H35N3O5. The topological polar surface area (TPSA) is 114 Å². The van der Waals surface area contributed by atoms with Gasteiger partial charge >= 0.3 is 0 Å². The molecule has 34 heavy (non-hydrogen) atoms. The first-order valence-electron chi connectivity index (χ1n) is 11.9. The fourth-order valence-corrected chi connectivity index (χ4v) is 5.60. The molecule has 8 heteroatoms. The molecule has 0 radical (unpaired) electrons. The zero-order chi connectivity index (χ0) is 24.8. The van der Waals surface area contributed by atoms with E-state index in [4.69, 9.17) is 9.84 Å². The molecule has 0 saturated heterocycles. The van der Waals surface area contributed by atoms with Gasteiger partial charge in [0.25, 0.3) is 0 Å². The van der Waals surface area contributed by atoms with E-state index in [-0.39, 0.29) is 19.1 Å². The van der Waals surface area contributed by atoms with Gasteiger partial charge in [-0.25, -0.2) is 4.68 Å². The van der Waals surface area contributed by atoms with Gasteiger partial charge < -0.3 is 20.3 Å². The van der Waals surface area contributed by atoms with Gasteiger partial charge in [-0.05, 0) is 67.6 Å². The van der Waals surface area contributed by atoms with Crippen LogP contribution in [0.1, 0.15) is 64.6 Å². The highest BCUT2D eigenvalue weighted by molar-refractivity contribution is 5.80. The van der Waals surface area contributed by atoms with Gasteiger partial charge in [0.1, 0.15) is 25.1 Å². The number of nitrogens with one attached hydrogen (secondary N) is 1. The smallest absolute Gasteiger partial charge is 0.247 e. The fraction of sp³-hybridized carbons (Fsp3) is 0.577. The van der Waals surface area contributed by atoms with Crippen molar-refractivity contribution >= 4 is 11.8 Å². The van der Waals surface area contributed by atoms with E-state index >= 15 is 0 Å². The standard InChI is InChI=1S/C26H35N3O5/c1-14-8-17(9-15(2)25(14)34-13-18(31)11-27-21(32)12-30)6-7-22(33)29-20-10-19-24(26(19,4)5)23(20)16(3)28-29/h8-9,18-19,24,30-31H,6-7,10-13H2,1-5H3,(H,27,32)/t18?,19?,24-/m0/s1. The van der Waals surface area contributed by atoms with Crippen LogP contribution in [0.2, 0.25) is 0 Å². The Hall–Kier alpha value is -2.71. The lowest BCUT2D eigenvalue weighted by Gasteiger charge is -2.17. The molecule has 1 fully saturated rings. The Morgan fingerprint density at radius 3 is 2.59 bits per heavy atom. The largest absolute Gasteiger partial charge is 0.490 e. The van der Waals surface area contributed by atoms with Gasteiger partial charge in [-0.1, -0.05) is 26.0 Å². The number of benzene rings is 1. The number of hydrogen-bond donors (Lipinski definition) is 3. The highest BCUT2D eigenvalue weighted by Crippen LogP contribution is 2.70. The lowest BCUT2D eigenvalue weighted by atomic mass is 9.98. The van der Waals surface area contributed by atoms with Gasteiger partial charge in [0.15, 0.2) is 0 Å². The van der Waals surface area contributed by atoms with Crippen molar-refractivity contribution in [2.75, 3.05) is 19.8 Å². The van der Waals surface area contributed by atoms with Crippen molar-refractivity contribution in [2.45, 2.75) is 65.9 Å². The lowest BCUT2D eigenvalue weighted by molar-refractivity contribution is -0.124. The van der Waals surface area contributed by atoms with Gasteiger partial charge in [0.2, 0.25) is 11.8 Å². The van der Waals surface area contributed by atoms with E-state index in [0.717, 1.165) is 34.5 Å². The second-order valence-electron chi connectivity index (χ2n) is 10.3. The molecule has 1 aromatic carbocycles. The fourth-order valence-electron chi connectivity index (χ4n) is 5.60. The quantitative estimate of drug-likeness (QED) is 0.519. The van der Waals surface area contributed by atoms with E-state index in [2.05, 4.69) is 24.3 Å². The van der Waals surface area contributed by atoms with E-state index in [1.807, 2.05) is 32.9 Å². The number of ether oxygens (including phenoxy) is 1. The van der Waals surface area contributed by atoms with Crippen LogP contribution in [-0.2, 0) is 17.6 Å². The van der Waals surface area contributed by atoms with E-state index in [0.29, 0.717) is 35.8 Å². The summed E-state index contributed by atoms with van der Waals surface area (Å²) in [4.78, 5) is 24.1. The van der Waals surface area contributed by atoms with Crippen LogP contribution in [0.5, 0.6) is 5.75 Å². The van der Waals surface area contributed by atoms with Crippen molar-refractivity contribution in [3.05, 3.63) is 45.8 Å². The third-order valence-electron chi connectivity index (χ3n) is 7.46. The predicted molar refractivity (Wildman–Crippen MR) is 127 cm³/mol. The molecule has 0 bridgehead atoms. The van der Waals surface area contributed by atoms with Crippen molar-refractivity contribution in [1.82, 2.24) is 15.1 Å².